The first-order chi connectivity index (χ1) is 11.2. The number of thioether (sulfide) groups is 1. The fourth-order valence-corrected chi connectivity index (χ4v) is 3.33. The van der Waals surface area contributed by atoms with Crippen molar-refractivity contribution < 1.29 is 9.13 Å². The van der Waals surface area contributed by atoms with Crippen LogP contribution in [0.2, 0.25) is 0 Å². The minimum Gasteiger partial charge on any atom is -0.383 e. The minimum atomic E-state index is -0.267. The van der Waals surface area contributed by atoms with E-state index in [-0.39, 0.29) is 5.82 Å². The Bertz CT molecular complexity index is 800. The van der Waals surface area contributed by atoms with Gasteiger partial charge in [0.15, 0.2) is 5.16 Å². The molecular weight excluding hydrogens is 317 g/mol. The molecule has 0 spiro atoms. The number of hydrogen-bond acceptors (Lipinski definition) is 5. The van der Waals surface area contributed by atoms with Crippen LogP contribution in [0.25, 0.3) is 11.0 Å². The van der Waals surface area contributed by atoms with E-state index in [2.05, 4.69) is 26.7 Å². The molecule has 0 N–H and O–H groups in total. The standard InChI is InChI=1S/C15H18FN5OS/c1-3-21-13-5-4-11(16)8-12(13)18-14(21)9-23-15-19-17-10-20(15)6-7-22-2/h4-5,8,10H,3,6-7,9H2,1-2H3. The first kappa shape index (κ1) is 15.9. The summed E-state index contributed by atoms with van der Waals surface area (Å²) in [4.78, 5) is 4.56. The van der Waals surface area contributed by atoms with Crippen molar-refractivity contribution in [3.63, 3.8) is 0 Å². The van der Waals surface area contributed by atoms with Gasteiger partial charge in [0, 0.05) is 26.3 Å². The number of halogens is 1. The van der Waals surface area contributed by atoms with E-state index in [1.54, 1.807) is 31.3 Å². The number of imidazole rings is 1. The second kappa shape index (κ2) is 7.10. The summed E-state index contributed by atoms with van der Waals surface area (Å²) in [6, 6.07) is 4.71. The number of ether oxygens (including phenoxy) is 1. The lowest BCUT2D eigenvalue weighted by molar-refractivity contribution is 0.184. The number of aryl methyl sites for hydroxylation is 1. The van der Waals surface area contributed by atoms with Crippen LogP contribution in [0.3, 0.4) is 0 Å². The Kier molecular flexibility index (Phi) is 4.92. The van der Waals surface area contributed by atoms with Gasteiger partial charge in [0.25, 0.3) is 0 Å². The Morgan fingerprint density at radius 3 is 3.00 bits per heavy atom. The highest BCUT2D eigenvalue weighted by Crippen LogP contribution is 2.24. The van der Waals surface area contributed by atoms with E-state index < -0.39 is 0 Å². The largest absolute Gasteiger partial charge is 0.383 e. The van der Waals surface area contributed by atoms with E-state index in [1.165, 1.54) is 12.1 Å². The third-order valence-electron chi connectivity index (χ3n) is 3.55. The maximum absolute atomic E-state index is 13.4. The minimum absolute atomic E-state index is 0.267. The molecule has 0 aliphatic carbocycles. The van der Waals surface area contributed by atoms with Crippen LogP contribution in [-0.2, 0) is 23.6 Å². The van der Waals surface area contributed by atoms with Crippen LogP contribution in [-0.4, -0.2) is 38.0 Å². The molecule has 0 amide bonds. The van der Waals surface area contributed by atoms with Crippen LogP contribution >= 0.6 is 11.8 Å². The van der Waals surface area contributed by atoms with Gasteiger partial charge >= 0.3 is 0 Å². The zero-order chi connectivity index (χ0) is 16.2. The predicted octanol–water partition coefficient (Wildman–Crippen LogP) is 2.73. The fourth-order valence-electron chi connectivity index (χ4n) is 2.44. The summed E-state index contributed by atoms with van der Waals surface area (Å²) in [5.74, 6) is 1.28. The number of benzene rings is 1. The van der Waals surface area contributed by atoms with Gasteiger partial charge in [-0.3, -0.25) is 0 Å². The Balaban J connectivity index is 1.80. The normalized spacial score (nSPS) is 11.4. The molecule has 0 aliphatic heterocycles. The van der Waals surface area contributed by atoms with E-state index in [0.29, 0.717) is 24.4 Å². The average molecular weight is 335 g/mol. The first-order valence-electron chi connectivity index (χ1n) is 7.37. The third-order valence-corrected chi connectivity index (χ3v) is 4.53. The number of hydrogen-bond donors (Lipinski definition) is 0. The molecule has 0 saturated carbocycles. The molecule has 1 aromatic carbocycles. The zero-order valence-electron chi connectivity index (χ0n) is 13.1. The van der Waals surface area contributed by atoms with E-state index in [9.17, 15) is 4.39 Å². The van der Waals surface area contributed by atoms with Crippen molar-refractivity contribution in [1.82, 2.24) is 24.3 Å². The van der Waals surface area contributed by atoms with Crippen molar-refractivity contribution in [2.24, 2.45) is 0 Å². The van der Waals surface area contributed by atoms with Crippen molar-refractivity contribution in [2.45, 2.75) is 30.9 Å². The van der Waals surface area contributed by atoms with Gasteiger partial charge in [-0.05, 0) is 19.1 Å². The molecule has 122 valence electrons. The van der Waals surface area contributed by atoms with E-state index in [4.69, 9.17) is 4.74 Å². The van der Waals surface area contributed by atoms with Crippen LogP contribution in [0.4, 0.5) is 4.39 Å². The highest BCUT2D eigenvalue weighted by atomic mass is 32.2. The molecule has 0 aliphatic rings. The molecule has 0 fully saturated rings. The molecule has 3 rings (SSSR count). The van der Waals surface area contributed by atoms with Crippen molar-refractivity contribution in [1.29, 1.82) is 0 Å². The Hall–Kier alpha value is -1.93. The van der Waals surface area contributed by atoms with Crippen molar-refractivity contribution in [2.75, 3.05) is 13.7 Å². The molecule has 0 bridgehead atoms. The lowest BCUT2D eigenvalue weighted by Crippen LogP contribution is -2.05. The number of fused-ring (bicyclic) bond motifs is 1. The molecule has 23 heavy (non-hydrogen) atoms. The first-order valence-corrected chi connectivity index (χ1v) is 8.35. The average Bonchev–Trinajstić information content (AvgIpc) is 3.13. The molecule has 6 nitrogen and oxygen atoms in total. The monoisotopic (exact) mass is 335 g/mol. The van der Waals surface area contributed by atoms with Gasteiger partial charge in [0.1, 0.15) is 18.0 Å². The van der Waals surface area contributed by atoms with Gasteiger partial charge in [-0.2, -0.15) is 0 Å². The highest BCUT2D eigenvalue weighted by molar-refractivity contribution is 7.98. The maximum atomic E-state index is 13.4. The Labute approximate surface area is 137 Å². The van der Waals surface area contributed by atoms with Crippen LogP contribution in [0, 0.1) is 5.82 Å². The topological polar surface area (TPSA) is 57.8 Å². The SMILES string of the molecule is CCn1c(CSc2nncn2CCOC)nc2cc(F)ccc21. The molecule has 2 aromatic heterocycles. The van der Waals surface area contributed by atoms with E-state index in [1.807, 2.05) is 4.57 Å². The summed E-state index contributed by atoms with van der Waals surface area (Å²) in [5, 5.41) is 8.90. The summed E-state index contributed by atoms with van der Waals surface area (Å²) in [6.45, 7) is 4.16. The van der Waals surface area contributed by atoms with E-state index >= 15 is 0 Å². The van der Waals surface area contributed by atoms with Gasteiger partial charge in [0.2, 0.25) is 0 Å². The number of aromatic nitrogens is 5. The molecule has 0 saturated heterocycles. The van der Waals surface area contributed by atoms with Crippen LogP contribution in [0.1, 0.15) is 12.7 Å². The molecule has 0 unspecified atom stereocenters. The summed E-state index contributed by atoms with van der Waals surface area (Å²) < 4.78 is 22.5. The van der Waals surface area contributed by atoms with Gasteiger partial charge < -0.3 is 13.9 Å². The lowest BCUT2D eigenvalue weighted by Gasteiger charge is -2.07. The maximum Gasteiger partial charge on any atom is 0.191 e. The summed E-state index contributed by atoms with van der Waals surface area (Å²) in [7, 11) is 1.67. The second-order valence-electron chi connectivity index (χ2n) is 4.99. The van der Waals surface area contributed by atoms with Gasteiger partial charge in [-0.15, -0.1) is 10.2 Å². The zero-order valence-corrected chi connectivity index (χ0v) is 13.9. The number of rotatable bonds is 7. The Morgan fingerprint density at radius 1 is 1.35 bits per heavy atom. The van der Waals surface area contributed by atoms with Crippen LogP contribution < -0.4 is 0 Å². The summed E-state index contributed by atoms with van der Waals surface area (Å²) in [5.41, 5.74) is 1.63. The molecule has 0 atom stereocenters. The molecule has 8 heteroatoms. The summed E-state index contributed by atoms with van der Waals surface area (Å²) in [6.07, 6.45) is 1.69. The quantitative estimate of drug-likeness (QED) is 0.621. The van der Waals surface area contributed by atoms with Gasteiger partial charge in [0.05, 0.1) is 23.4 Å². The summed E-state index contributed by atoms with van der Waals surface area (Å²) >= 11 is 1.56. The molecule has 0 radical (unpaired) electrons. The third kappa shape index (κ3) is 3.37. The Morgan fingerprint density at radius 2 is 2.22 bits per heavy atom. The van der Waals surface area contributed by atoms with Gasteiger partial charge in [-0.25, -0.2) is 9.37 Å². The highest BCUT2D eigenvalue weighted by Gasteiger charge is 2.12. The number of nitrogens with zero attached hydrogens (tertiary/aromatic N) is 5. The predicted molar refractivity (Wildman–Crippen MR) is 86.8 cm³/mol. The molecular formula is C15H18FN5OS. The van der Waals surface area contributed by atoms with Crippen LogP contribution in [0.15, 0.2) is 29.7 Å². The smallest absolute Gasteiger partial charge is 0.191 e. The lowest BCUT2D eigenvalue weighted by atomic mass is 10.3. The molecule has 3 aromatic rings. The van der Waals surface area contributed by atoms with E-state index in [0.717, 1.165) is 23.0 Å². The van der Waals surface area contributed by atoms with Gasteiger partial charge in [-0.1, -0.05) is 11.8 Å². The van der Waals surface area contributed by atoms with Crippen molar-refractivity contribution in [3.8, 4) is 0 Å². The van der Waals surface area contributed by atoms with Crippen molar-refractivity contribution in [3.05, 3.63) is 36.2 Å². The fraction of sp³-hybridized carbons (Fsp3) is 0.400. The molecule has 2 heterocycles. The second-order valence-corrected chi connectivity index (χ2v) is 5.94. The number of methoxy groups -OCH3 is 1. The van der Waals surface area contributed by atoms with Crippen LogP contribution in [0.5, 0.6) is 0 Å². The van der Waals surface area contributed by atoms with Crippen molar-refractivity contribution >= 4 is 22.8 Å².